The van der Waals surface area contributed by atoms with Gasteiger partial charge in [-0.25, -0.2) is 19.8 Å². The van der Waals surface area contributed by atoms with E-state index in [-0.39, 0.29) is 18.1 Å². The molecule has 0 radical (unpaired) electrons. The van der Waals surface area contributed by atoms with Crippen molar-refractivity contribution in [2.45, 2.75) is 31.1 Å². The third-order valence-electron chi connectivity index (χ3n) is 3.85. The molecule has 1 saturated heterocycles. The van der Waals surface area contributed by atoms with E-state index in [1.165, 1.54) is 18.1 Å². The number of aromatic nitrogens is 4. The van der Waals surface area contributed by atoms with Gasteiger partial charge in [0.15, 0.2) is 11.9 Å². The molecular formula is C12H18N6O7S. The lowest BCUT2D eigenvalue weighted by Crippen LogP contribution is -2.35. The molecule has 2 aromatic rings. The smallest absolute Gasteiger partial charge is 0.333 e. The molecule has 26 heavy (non-hydrogen) atoms. The first-order valence-corrected chi connectivity index (χ1v) is 8.85. The average molecular weight is 390 g/mol. The molecular weight excluding hydrogens is 372 g/mol. The summed E-state index contributed by atoms with van der Waals surface area (Å²) in [7, 11) is -2.76. The number of nitrogens with two attached hydrogens (primary N) is 2. The minimum Gasteiger partial charge on any atom is -0.387 e. The second-order valence-corrected chi connectivity index (χ2v) is 6.83. The number of nitrogen functional groups attached to an aromatic ring is 1. The molecule has 0 aromatic carbocycles. The average Bonchev–Trinajstić information content (AvgIpc) is 3.06. The van der Waals surface area contributed by atoms with Crippen LogP contribution in [0.3, 0.4) is 0 Å². The van der Waals surface area contributed by atoms with Gasteiger partial charge < -0.3 is 25.4 Å². The maximum absolute atomic E-state index is 10.9. The zero-order chi connectivity index (χ0) is 19.1. The topological polar surface area (TPSA) is 198 Å². The Hall–Kier alpha value is -1.94. The molecule has 4 atom stereocenters. The Morgan fingerprint density at radius 3 is 2.73 bits per heavy atom. The highest BCUT2D eigenvalue weighted by molar-refractivity contribution is 7.84. The first-order chi connectivity index (χ1) is 12.2. The number of rotatable bonds is 6. The van der Waals surface area contributed by atoms with Crippen LogP contribution in [0.25, 0.3) is 11.0 Å². The monoisotopic (exact) mass is 390 g/mol. The summed E-state index contributed by atoms with van der Waals surface area (Å²) in [6, 6.07) is 0. The highest BCUT2D eigenvalue weighted by atomic mass is 32.2. The Bertz CT molecular complexity index is 903. The number of nitrogens with zero attached hydrogens (tertiary/aromatic N) is 4. The van der Waals surface area contributed by atoms with Crippen molar-refractivity contribution in [3.63, 3.8) is 0 Å². The van der Waals surface area contributed by atoms with Gasteiger partial charge in [0.25, 0.3) is 0 Å². The van der Waals surface area contributed by atoms with Gasteiger partial charge in [-0.15, -0.1) is 0 Å². The van der Waals surface area contributed by atoms with E-state index in [4.69, 9.17) is 20.3 Å². The van der Waals surface area contributed by atoms with Gasteiger partial charge >= 0.3 is 10.3 Å². The Morgan fingerprint density at radius 2 is 2.08 bits per heavy atom. The molecule has 0 bridgehead atoms. The summed E-state index contributed by atoms with van der Waals surface area (Å²) >= 11 is 0. The van der Waals surface area contributed by atoms with Crippen molar-refractivity contribution in [1.82, 2.24) is 19.7 Å². The summed E-state index contributed by atoms with van der Waals surface area (Å²) in [6.45, 7) is -0.473. The van der Waals surface area contributed by atoms with Crippen LogP contribution in [0.4, 0.5) is 5.82 Å². The van der Waals surface area contributed by atoms with Crippen molar-refractivity contribution in [2.24, 2.45) is 5.14 Å². The van der Waals surface area contributed by atoms with Gasteiger partial charge in [0.2, 0.25) is 0 Å². The first-order valence-electron chi connectivity index (χ1n) is 7.38. The van der Waals surface area contributed by atoms with Gasteiger partial charge in [0.05, 0.1) is 18.6 Å². The lowest BCUT2D eigenvalue weighted by atomic mass is 10.1. The van der Waals surface area contributed by atoms with Gasteiger partial charge in [0.1, 0.15) is 36.2 Å². The number of ether oxygens (including phenoxy) is 2. The normalized spacial score (nSPS) is 26.6. The summed E-state index contributed by atoms with van der Waals surface area (Å²) in [5, 5.41) is 29.9. The largest absolute Gasteiger partial charge is 0.387 e. The molecule has 0 spiro atoms. The molecule has 14 heteroatoms. The van der Waals surface area contributed by atoms with Gasteiger partial charge in [0, 0.05) is 7.11 Å². The number of hydrogen-bond donors (Lipinski definition) is 4. The third-order valence-corrected chi connectivity index (χ3v) is 4.31. The van der Waals surface area contributed by atoms with Crippen molar-refractivity contribution in [3.05, 3.63) is 12.0 Å². The maximum atomic E-state index is 10.9. The number of aliphatic hydroxyl groups excluding tert-OH is 2. The lowest BCUT2D eigenvalue weighted by molar-refractivity contribution is -0.0530. The highest BCUT2D eigenvalue weighted by Gasteiger charge is 2.45. The van der Waals surface area contributed by atoms with E-state index in [2.05, 4.69) is 19.2 Å². The second-order valence-electron chi connectivity index (χ2n) is 5.61. The molecule has 3 heterocycles. The molecule has 6 N–H and O–H groups in total. The molecule has 144 valence electrons. The SMILES string of the molecule is COCc1nn([C@@H]2O[C@H](COS(N)(=O)=O)[C@@H](O)[C@H]2O)c2ncnc(N)c12. The summed E-state index contributed by atoms with van der Waals surface area (Å²) in [5.74, 6) is 0.162. The molecule has 13 nitrogen and oxygen atoms in total. The fourth-order valence-electron chi connectivity index (χ4n) is 2.71. The van der Waals surface area contributed by atoms with Crippen LogP contribution in [0.2, 0.25) is 0 Å². The second kappa shape index (κ2) is 6.99. The van der Waals surface area contributed by atoms with Crippen LogP contribution in [0, 0.1) is 0 Å². The van der Waals surface area contributed by atoms with Crippen molar-refractivity contribution in [3.8, 4) is 0 Å². The van der Waals surface area contributed by atoms with Crippen molar-refractivity contribution in [2.75, 3.05) is 19.5 Å². The number of fused-ring (bicyclic) bond motifs is 1. The predicted octanol–water partition coefficient (Wildman–Crippen LogP) is -2.61. The van der Waals surface area contributed by atoms with Crippen molar-refractivity contribution in [1.29, 1.82) is 0 Å². The van der Waals surface area contributed by atoms with Crippen LogP contribution in [-0.4, -0.2) is 70.4 Å². The predicted molar refractivity (Wildman–Crippen MR) is 85.4 cm³/mol. The number of methoxy groups -OCH3 is 1. The molecule has 0 amide bonds. The number of aliphatic hydroxyl groups is 2. The number of hydrogen-bond acceptors (Lipinski definition) is 11. The molecule has 3 rings (SSSR count). The Kier molecular flexibility index (Phi) is 5.07. The Morgan fingerprint density at radius 1 is 1.35 bits per heavy atom. The summed E-state index contributed by atoms with van der Waals surface area (Å²) in [4.78, 5) is 7.99. The van der Waals surface area contributed by atoms with Gasteiger partial charge in [-0.1, -0.05) is 0 Å². The van der Waals surface area contributed by atoms with Crippen LogP contribution < -0.4 is 10.9 Å². The molecule has 2 aromatic heterocycles. The standard InChI is InChI=1S/C12H18N6O7S/c1-23-2-5-7-10(13)15-4-16-11(7)18(17-5)12-9(20)8(19)6(25-12)3-24-26(14,21)22/h4,6,8-9,12,19-20H,2-3H2,1H3,(H2,13,15,16)(H2,14,21,22)/t6-,8-,9-,12-/m1/s1. The van der Waals surface area contributed by atoms with E-state index in [0.29, 0.717) is 11.1 Å². The van der Waals surface area contributed by atoms with E-state index < -0.39 is 41.5 Å². The summed E-state index contributed by atoms with van der Waals surface area (Å²) in [6.07, 6.45) is -3.98. The van der Waals surface area contributed by atoms with Crippen LogP contribution in [0.1, 0.15) is 11.9 Å². The minimum absolute atomic E-state index is 0.102. The molecule has 0 unspecified atom stereocenters. The molecule has 1 aliphatic heterocycles. The summed E-state index contributed by atoms with van der Waals surface area (Å²) < 4.78 is 38.1. The highest BCUT2D eigenvalue weighted by Crippen LogP contribution is 2.33. The van der Waals surface area contributed by atoms with Gasteiger partial charge in [-0.05, 0) is 0 Å². The van der Waals surface area contributed by atoms with E-state index in [0.717, 1.165) is 0 Å². The number of anilines is 1. The minimum atomic E-state index is -4.23. The van der Waals surface area contributed by atoms with E-state index in [1.54, 1.807) is 0 Å². The van der Waals surface area contributed by atoms with E-state index in [9.17, 15) is 18.6 Å². The zero-order valence-electron chi connectivity index (χ0n) is 13.6. The van der Waals surface area contributed by atoms with Crippen LogP contribution in [-0.2, 0) is 30.6 Å². The first kappa shape index (κ1) is 18.8. The quantitative estimate of drug-likeness (QED) is 0.403. The maximum Gasteiger partial charge on any atom is 0.333 e. The van der Waals surface area contributed by atoms with E-state index >= 15 is 0 Å². The zero-order valence-corrected chi connectivity index (χ0v) is 14.4. The van der Waals surface area contributed by atoms with Crippen molar-refractivity contribution < 1.29 is 32.3 Å². The van der Waals surface area contributed by atoms with Gasteiger partial charge in [-0.3, -0.25) is 4.18 Å². The summed E-state index contributed by atoms with van der Waals surface area (Å²) in [5.41, 5.74) is 6.54. The Balaban J connectivity index is 1.95. The van der Waals surface area contributed by atoms with Crippen LogP contribution in [0.15, 0.2) is 6.33 Å². The van der Waals surface area contributed by atoms with Gasteiger partial charge in [-0.2, -0.15) is 13.5 Å². The fraction of sp³-hybridized carbons (Fsp3) is 0.583. The molecule has 1 aliphatic rings. The fourth-order valence-corrected chi connectivity index (χ4v) is 3.04. The molecule has 0 aliphatic carbocycles. The lowest BCUT2D eigenvalue weighted by Gasteiger charge is -2.15. The molecule has 1 fully saturated rings. The van der Waals surface area contributed by atoms with E-state index in [1.807, 2.05) is 0 Å². The third kappa shape index (κ3) is 3.48. The van der Waals surface area contributed by atoms with Crippen LogP contribution >= 0.6 is 0 Å². The van der Waals surface area contributed by atoms with Crippen molar-refractivity contribution >= 4 is 27.2 Å². The van der Waals surface area contributed by atoms with Crippen LogP contribution in [0.5, 0.6) is 0 Å². The Labute approximate surface area is 147 Å². The molecule has 0 saturated carbocycles.